The molecule has 0 radical (unpaired) electrons. The predicted molar refractivity (Wildman–Crippen MR) is 117 cm³/mol. The normalized spacial score (nSPS) is 23.0. The molecule has 1 amide bonds. The van der Waals surface area contributed by atoms with Crippen LogP contribution in [0.25, 0.3) is 0 Å². The number of β-lactam (4-membered cyclic amide) rings is 1. The van der Waals surface area contributed by atoms with Crippen molar-refractivity contribution in [2.45, 2.75) is 69.8 Å². The van der Waals surface area contributed by atoms with E-state index in [1.54, 1.807) is 11.8 Å². The molecule has 0 spiro atoms. The summed E-state index contributed by atoms with van der Waals surface area (Å²) in [5.41, 5.74) is 0. The monoisotopic (exact) mass is 409 g/mol. The van der Waals surface area contributed by atoms with Gasteiger partial charge in [0.05, 0.1) is 22.3 Å². The van der Waals surface area contributed by atoms with Gasteiger partial charge in [-0.25, -0.2) is 0 Å². The molecule has 6 heteroatoms. The van der Waals surface area contributed by atoms with Gasteiger partial charge in [-0.05, 0) is 37.2 Å². The van der Waals surface area contributed by atoms with Crippen molar-refractivity contribution in [3.05, 3.63) is 30.3 Å². The number of carbonyl (C=O) groups excluding carboxylic acids is 1. The highest BCUT2D eigenvalue weighted by molar-refractivity contribution is 8.23. The molecular formula is C20H31NO2S2Si. The van der Waals surface area contributed by atoms with E-state index in [0.29, 0.717) is 0 Å². The molecule has 3 nitrogen and oxygen atoms in total. The van der Waals surface area contributed by atoms with Crippen LogP contribution in [0.15, 0.2) is 35.2 Å². The van der Waals surface area contributed by atoms with Crippen LogP contribution in [0.1, 0.15) is 34.6 Å². The topological polar surface area (TPSA) is 38.3 Å². The summed E-state index contributed by atoms with van der Waals surface area (Å²) in [6, 6.07) is 10.2. The van der Waals surface area contributed by atoms with E-state index in [4.69, 9.17) is 16.6 Å². The van der Waals surface area contributed by atoms with Crippen molar-refractivity contribution in [1.82, 2.24) is 5.32 Å². The number of rotatable bonds is 6. The smallest absolute Gasteiger partial charge is 0.228 e. The van der Waals surface area contributed by atoms with Crippen molar-refractivity contribution < 1.29 is 9.22 Å². The van der Waals surface area contributed by atoms with Gasteiger partial charge < -0.3 is 9.74 Å². The average molecular weight is 410 g/mol. The Balaban J connectivity index is 2.03. The van der Waals surface area contributed by atoms with Crippen molar-refractivity contribution >= 4 is 42.4 Å². The molecule has 1 saturated heterocycles. The van der Waals surface area contributed by atoms with E-state index in [1.807, 2.05) is 25.1 Å². The lowest BCUT2D eigenvalue weighted by Crippen LogP contribution is -2.66. The van der Waals surface area contributed by atoms with Gasteiger partial charge in [0.15, 0.2) is 8.32 Å². The zero-order valence-electron chi connectivity index (χ0n) is 16.8. The average Bonchev–Trinajstić information content (AvgIpc) is 2.50. The molecule has 0 saturated carbocycles. The van der Waals surface area contributed by atoms with E-state index in [0.717, 1.165) is 9.09 Å². The van der Waals surface area contributed by atoms with Crippen LogP contribution in [0, 0.1) is 11.8 Å². The first kappa shape index (κ1) is 21.6. The zero-order valence-corrected chi connectivity index (χ0v) is 19.5. The molecule has 0 aromatic heterocycles. The maximum Gasteiger partial charge on any atom is 0.228 e. The van der Waals surface area contributed by atoms with Crippen molar-refractivity contribution in [2.75, 3.05) is 0 Å². The standard InChI is InChI=1S/C20H31NO2S2Si/c1-13(19(24)25-15-11-9-8-10-12-15)17-16(18(22)21-17)14(2)23-26(6,7)20(3,4)5/h8-14,16-17H,1-7H3,(H,21,22). The first-order valence-electron chi connectivity index (χ1n) is 9.19. The predicted octanol–water partition coefficient (Wildman–Crippen LogP) is 5.27. The van der Waals surface area contributed by atoms with Crippen LogP contribution >= 0.6 is 24.0 Å². The summed E-state index contributed by atoms with van der Waals surface area (Å²) in [6.07, 6.45) is -0.0957. The van der Waals surface area contributed by atoms with Crippen molar-refractivity contribution in [3.63, 3.8) is 0 Å². The number of hydrogen-bond donors (Lipinski definition) is 1. The maximum atomic E-state index is 12.3. The lowest BCUT2D eigenvalue weighted by molar-refractivity contribution is -0.140. The Hall–Kier alpha value is -0.693. The minimum atomic E-state index is -1.91. The molecule has 0 bridgehead atoms. The second-order valence-electron chi connectivity index (χ2n) is 8.67. The largest absolute Gasteiger partial charge is 0.413 e. The van der Waals surface area contributed by atoms with Gasteiger partial charge >= 0.3 is 0 Å². The summed E-state index contributed by atoms with van der Waals surface area (Å²) in [5, 5.41) is 3.19. The molecule has 1 aliphatic heterocycles. The Morgan fingerprint density at radius 2 is 1.81 bits per heavy atom. The zero-order chi connectivity index (χ0) is 19.7. The Bertz CT molecular complexity index is 658. The highest BCUT2D eigenvalue weighted by atomic mass is 32.2. The molecular weight excluding hydrogens is 378 g/mol. The lowest BCUT2D eigenvalue weighted by Gasteiger charge is -2.47. The number of amides is 1. The molecule has 2 rings (SSSR count). The summed E-state index contributed by atoms with van der Waals surface area (Å²) < 4.78 is 7.39. The third-order valence-corrected chi connectivity index (χ3v) is 11.9. The molecule has 1 N–H and O–H groups in total. The first-order valence-corrected chi connectivity index (χ1v) is 13.3. The fraction of sp³-hybridized carbons (Fsp3) is 0.600. The number of carbonyl (C=O) groups is 1. The second kappa shape index (κ2) is 8.13. The van der Waals surface area contributed by atoms with Gasteiger partial charge in [-0.15, -0.1) is 0 Å². The van der Waals surface area contributed by atoms with Crippen LogP contribution in [0.3, 0.4) is 0 Å². The van der Waals surface area contributed by atoms with Crippen LogP contribution in [0.5, 0.6) is 0 Å². The third kappa shape index (κ3) is 4.77. The Morgan fingerprint density at radius 1 is 1.23 bits per heavy atom. The summed E-state index contributed by atoms with van der Waals surface area (Å²) >= 11 is 7.27. The molecule has 1 heterocycles. The van der Waals surface area contributed by atoms with Gasteiger partial charge in [0.2, 0.25) is 5.91 Å². The van der Waals surface area contributed by atoms with E-state index in [2.05, 4.69) is 58.2 Å². The van der Waals surface area contributed by atoms with Gasteiger partial charge in [-0.1, -0.05) is 69.9 Å². The lowest BCUT2D eigenvalue weighted by atomic mass is 9.79. The summed E-state index contributed by atoms with van der Waals surface area (Å²) in [6.45, 7) is 15.3. The number of hydrogen-bond acceptors (Lipinski definition) is 4. The van der Waals surface area contributed by atoms with Gasteiger partial charge in [-0.2, -0.15) is 0 Å². The first-order chi connectivity index (χ1) is 11.9. The van der Waals surface area contributed by atoms with Crippen LogP contribution < -0.4 is 5.32 Å². The molecule has 0 aliphatic carbocycles. The Kier molecular flexibility index (Phi) is 6.75. The molecule has 4 unspecified atom stereocenters. The highest BCUT2D eigenvalue weighted by Gasteiger charge is 2.49. The van der Waals surface area contributed by atoms with E-state index in [-0.39, 0.29) is 34.9 Å². The fourth-order valence-corrected chi connectivity index (χ4v) is 5.64. The van der Waals surface area contributed by atoms with Crippen LogP contribution in [0.2, 0.25) is 18.1 Å². The molecule has 4 atom stereocenters. The molecule has 1 aliphatic rings. The Morgan fingerprint density at radius 3 is 2.31 bits per heavy atom. The molecule has 1 aromatic carbocycles. The van der Waals surface area contributed by atoms with Crippen molar-refractivity contribution in [2.24, 2.45) is 11.8 Å². The number of thiocarbonyl (C=S) groups is 1. The molecule has 1 aromatic rings. The minimum Gasteiger partial charge on any atom is -0.413 e. The summed E-state index contributed by atoms with van der Waals surface area (Å²) in [7, 11) is -1.91. The highest BCUT2D eigenvalue weighted by Crippen LogP contribution is 2.40. The summed E-state index contributed by atoms with van der Waals surface area (Å²) in [5.74, 6) is 0.0670. The van der Waals surface area contributed by atoms with Gasteiger partial charge in [0, 0.05) is 10.8 Å². The van der Waals surface area contributed by atoms with Crippen LogP contribution in [0.4, 0.5) is 0 Å². The van der Waals surface area contributed by atoms with E-state index in [9.17, 15) is 4.79 Å². The van der Waals surface area contributed by atoms with Gasteiger partial charge in [-0.3, -0.25) is 4.79 Å². The number of benzene rings is 1. The van der Waals surface area contributed by atoms with Crippen molar-refractivity contribution in [3.8, 4) is 0 Å². The quantitative estimate of drug-likeness (QED) is 0.301. The fourth-order valence-electron chi connectivity index (χ4n) is 2.92. The van der Waals surface area contributed by atoms with E-state index < -0.39 is 8.32 Å². The van der Waals surface area contributed by atoms with Gasteiger partial charge in [0.25, 0.3) is 0 Å². The van der Waals surface area contributed by atoms with E-state index in [1.165, 1.54) is 0 Å². The Labute approximate surface area is 168 Å². The molecule has 1 fully saturated rings. The maximum absolute atomic E-state index is 12.3. The van der Waals surface area contributed by atoms with E-state index >= 15 is 0 Å². The molecule has 144 valence electrons. The van der Waals surface area contributed by atoms with Crippen molar-refractivity contribution in [1.29, 1.82) is 0 Å². The van der Waals surface area contributed by atoms with Gasteiger partial charge in [0.1, 0.15) is 0 Å². The third-order valence-electron chi connectivity index (χ3n) is 5.66. The SMILES string of the molecule is CC(O[Si](C)(C)C(C)(C)C)C1C(=O)NC1C(C)C(=S)Sc1ccccc1. The number of nitrogens with one attached hydrogen (secondary N) is 1. The van der Waals surface area contributed by atoms with Crippen LogP contribution in [-0.2, 0) is 9.22 Å². The minimum absolute atomic E-state index is 0.0472. The molecule has 26 heavy (non-hydrogen) atoms. The second-order valence-corrected chi connectivity index (χ2v) is 15.2. The van der Waals surface area contributed by atoms with Crippen LogP contribution in [-0.4, -0.2) is 30.6 Å². The summed E-state index contributed by atoms with van der Waals surface area (Å²) in [4.78, 5) is 13.4. The number of thioether (sulfide) groups is 1.